The Bertz CT molecular complexity index is 921. The molecule has 0 spiro atoms. The minimum absolute atomic E-state index is 0.0595. The average molecular weight is 451 g/mol. The summed E-state index contributed by atoms with van der Waals surface area (Å²) in [5.41, 5.74) is 1.36. The average Bonchev–Trinajstić information content (AvgIpc) is 3.13. The highest BCUT2D eigenvalue weighted by molar-refractivity contribution is 7.89. The smallest absolute Gasteiger partial charge is 0.246 e. The van der Waals surface area contributed by atoms with Crippen LogP contribution < -0.4 is 4.90 Å². The number of nitrogens with zero attached hydrogens (tertiary/aromatic N) is 4. The highest BCUT2D eigenvalue weighted by Gasteiger charge is 2.40. The molecular weight excluding hydrogens is 416 g/mol. The number of carbonyl (C=O) groups is 2. The number of benzene rings is 1. The number of fused-ring (bicyclic) bond motifs is 1. The zero-order valence-corrected chi connectivity index (χ0v) is 19.8. The maximum atomic E-state index is 13.3. The van der Waals surface area contributed by atoms with Crippen molar-refractivity contribution in [1.29, 1.82) is 0 Å². The third kappa shape index (κ3) is 4.63. The largest absolute Gasteiger partial charge is 0.338 e. The summed E-state index contributed by atoms with van der Waals surface area (Å²) in [5, 5.41) is 0. The van der Waals surface area contributed by atoms with Crippen LogP contribution in [0, 0.1) is 0 Å². The second-order valence-electron chi connectivity index (χ2n) is 8.16. The normalized spacial score (nSPS) is 19.7. The summed E-state index contributed by atoms with van der Waals surface area (Å²) in [6, 6.07) is 4.22. The van der Waals surface area contributed by atoms with E-state index < -0.39 is 16.1 Å². The Kier molecular flexibility index (Phi) is 7.39. The first-order chi connectivity index (χ1) is 14.7. The molecule has 2 heterocycles. The standard InChI is InChI=1S/C22H34N4O4S/c1-5-10-23-11-13-24(14-12-23)22(28)21-16-18-15-19(31(29,30)25(6-2)7-3)8-9-20(18)26(21)17(4)27/h8-9,15,21H,5-7,10-14,16H2,1-4H3/t21-/m1/s1. The molecule has 1 fully saturated rings. The van der Waals surface area contributed by atoms with Crippen LogP contribution in [0.2, 0.25) is 0 Å². The third-order valence-electron chi connectivity index (χ3n) is 6.23. The molecule has 2 aliphatic heterocycles. The Labute approximate surface area is 185 Å². The topological polar surface area (TPSA) is 81.2 Å². The van der Waals surface area contributed by atoms with Crippen LogP contribution in [-0.4, -0.2) is 86.2 Å². The molecule has 8 nitrogen and oxygen atoms in total. The second-order valence-corrected chi connectivity index (χ2v) is 10.1. The van der Waals surface area contributed by atoms with E-state index in [9.17, 15) is 18.0 Å². The van der Waals surface area contributed by atoms with Crippen LogP contribution in [0.5, 0.6) is 0 Å². The lowest BCUT2D eigenvalue weighted by molar-refractivity contribution is -0.135. The first-order valence-corrected chi connectivity index (χ1v) is 12.6. The van der Waals surface area contributed by atoms with E-state index >= 15 is 0 Å². The van der Waals surface area contributed by atoms with E-state index in [1.807, 2.05) is 4.90 Å². The van der Waals surface area contributed by atoms with Crippen molar-refractivity contribution in [1.82, 2.24) is 14.1 Å². The number of anilines is 1. The first-order valence-electron chi connectivity index (χ1n) is 11.2. The van der Waals surface area contributed by atoms with Gasteiger partial charge in [0.15, 0.2) is 0 Å². The van der Waals surface area contributed by atoms with E-state index in [1.165, 1.54) is 16.1 Å². The molecule has 172 valence electrons. The van der Waals surface area contributed by atoms with Crippen LogP contribution in [0.1, 0.15) is 39.7 Å². The molecule has 1 aromatic rings. The lowest BCUT2D eigenvalue weighted by Crippen LogP contribution is -2.55. The van der Waals surface area contributed by atoms with E-state index in [0.717, 1.165) is 31.6 Å². The zero-order valence-electron chi connectivity index (χ0n) is 19.0. The van der Waals surface area contributed by atoms with Crippen molar-refractivity contribution in [3.63, 3.8) is 0 Å². The molecule has 1 atom stereocenters. The number of piperazine rings is 1. The van der Waals surface area contributed by atoms with Gasteiger partial charge in [0, 0.05) is 58.3 Å². The number of hydrogen-bond donors (Lipinski definition) is 0. The van der Waals surface area contributed by atoms with Crippen molar-refractivity contribution in [2.45, 2.75) is 51.5 Å². The van der Waals surface area contributed by atoms with Crippen LogP contribution in [0.3, 0.4) is 0 Å². The molecule has 0 saturated carbocycles. The van der Waals surface area contributed by atoms with Gasteiger partial charge in [-0.1, -0.05) is 20.8 Å². The van der Waals surface area contributed by atoms with Gasteiger partial charge in [-0.2, -0.15) is 4.31 Å². The predicted octanol–water partition coefficient (Wildman–Crippen LogP) is 1.55. The molecule has 0 unspecified atom stereocenters. The molecule has 3 rings (SSSR count). The fourth-order valence-corrected chi connectivity index (χ4v) is 6.12. The summed E-state index contributed by atoms with van der Waals surface area (Å²) in [6.07, 6.45) is 1.42. The van der Waals surface area contributed by atoms with Crippen molar-refractivity contribution in [2.75, 3.05) is 50.7 Å². The Morgan fingerprint density at radius 2 is 1.71 bits per heavy atom. The molecule has 0 radical (unpaired) electrons. The molecule has 0 bridgehead atoms. The summed E-state index contributed by atoms with van der Waals surface area (Å²) in [6.45, 7) is 12.0. The van der Waals surface area contributed by atoms with Gasteiger partial charge in [0.25, 0.3) is 0 Å². The quantitative estimate of drug-likeness (QED) is 0.630. The number of hydrogen-bond acceptors (Lipinski definition) is 5. The van der Waals surface area contributed by atoms with Gasteiger partial charge in [-0.25, -0.2) is 8.42 Å². The lowest BCUT2D eigenvalue weighted by atomic mass is 10.1. The van der Waals surface area contributed by atoms with E-state index in [0.29, 0.717) is 38.3 Å². The Morgan fingerprint density at radius 3 is 2.26 bits per heavy atom. The van der Waals surface area contributed by atoms with Gasteiger partial charge >= 0.3 is 0 Å². The van der Waals surface area contributed by atoms with E-state index in [-0.39, 0.29) is 16.7 Å². The lowest BCUT2D eigenvalue weighted by Gasteiger charge is -2.37. The highest BCUT2D eigenvalue weighted by atomic mass is 32.2. The summed E-state index contributed by atoms with van der Waals surface area (Å²) < 4.78 is 27.3. The fraction of sp³-hybridized carbons (Fsp3) is 0.636. The Hall–Kier alpha value is -1.97. The van der Waals surface area contributed by atoms with Gasteiger partial charge in [0.05, 0.1) is 4.90 Å². The SMILES string of the molecule is CCCN1CCN(C(=O)[C@H]2Cc3cc(S(=O)(=O)N(CC)CC)ccc3N2C(C)=O)CC1. The zero-order chi connectivity index (χ0) is 22.8. The summed E-state index contributed by atoms with van der Waals surface area (Å²) >= 11 is 0. The highest BCUT2D eigenvalue weighted by Crippen LogP contribution is 2.35. The predicted molar refractivity (Wildman–Crippen MR) is 121 cm³/mol. The minimum Gasteiger partial charge on any atom is -0.338 e. The summed E-state index contributed by atoms with van der Waals surface area (Å²) in [7, 11) is -3.60. The van der Waals surface area contributed by atoms with E-state index in [2.05, 4.69) is 11.8 Å². The van der Waals surface area contributed by atoms with Crippen molar-refractivity contribution in [3.8, 4) is 0 Å². The van der Waals surface area contributed by atoms with Crippen LogP contribution in [0.25, 0.3) is 0 Å². The Balaban J connectivity index is 1.84. The van der Waals surface area contributed by atoms with Crippen molar-refractivity contribution in [2.24, 2.45) is 0 Å². The first kappa shape index (κ1) is 23.7. The van der Waals surface area contributed by atoms with Gasteiger partial charge in [-0.3, -0.25) is 19.4 Å². The van der Waals surface area contributed by atoms with Crippen LogP contribution >= 0.6 is 0 Å². The van der Waals surface area contributed by atoms with Crippen molar-refractivity contribution >= 4 is 27.5 Å². The number of rotatable bonds is 7. The summed E-state index contributed by atoms with van der Waals surface area (Å²) in [5.74, 6) is -0.267. The molecular formula is C22H34N4O4S. The molecule has 9 heteroatoms. The fourth-order valence-electron chi connectivity index (χ4n) is 4.61. The number of amides is 2. The maximum absolute atomic E-state index is 13.3. The molecule has 0 aliphatic carbocycles. The molecule has 0 aromatic heterocycles. The molecule has 31 heavy (non-hydrogen) atoms. The van der Waals surface area contributed by atoms with Gasteiger partial charge in [0.2, 0.25) is 21.8 Å². The van der Waals surface area contributed by atoms with E-state index in [4.69, 9.17) is 0 Å². The monoisotopic (exact) mass is 450 g/mol. The molecule has 2 aliphatic rings. The van der Waals surface area contributed by atoms with Crippen molar-refractivity contribution in [3.05, 3.63) is 23.8 Å². The van der Waals surface area contributed by atoms with Gasteiger partial charge < -0.3 is 4.90 Å². The van der Waals surface area contributed by atoms with E-state index in [1.54, 1.807) is 32.0 Å². The van der Waals surface area contributed by atoms with Crippen LogP contribution in [0.4, 0.5) is 5.69 Å². The minimum atomic E-state index is -3.60. The van der Waals surface area contributed by atoms with Crippen LogP contribution in [-0.2, 0) is 26.0 Å². The second kappa shape index (κ2) is 9.67. The third-order valence-corrected chi connectivity index (χ3v) is 8.27. The summed E-state index contributed by atoms with van der Waals surface area (Å²) in [4.78, 5) is 31.7. The van der Waals surface area contributed by atoms with Gasteiger partial charge in [-0.15, -0.1) is 0 Å². The number of carbonyl (C=O) groups excluding carboxylic acids is 2. The Morgan fingerprint density at radius 1 is 1.06 bits per heavy atom. The number of sulfonamides is 1. The van der Waals surface area contributed by atoms with Gasteiger partial charge in [0.1, 0.15) is 6.04 Å². The molecule has 1 aromatic carbocycles. The molecule has 1 saturated heterocycles. The molecule has 0 N–H and O–H groups in total. The van der Waals surface area contributed by atoms with Crippen LogP contribution in [0.15, 0.2) is 23.1 Å². The molecule has 2 amide bonds. The maximum Gasteiger partial charge on any atom is 0.246 e. The van der Waals surface area contributed by atoms with Gasteiger partial charge in [-0.05, 0) is 36.7 Å². The van der Waals surface area contributed by atoms with Crippen molar-refractivity contribution < 1.29 is 18.0 Å².